The highest BCUT2D eigenvalue weighted by Crippen LogP contribution is 2.36. The predicted octanol–water partition coefficient (Wildman–Crippen LogP) is 4.72. The fourth-order valence-corrected chi connectivity index (χ4v) is 3.32. The van der Waals surface area contributed by atoms with Gasteiger partial charge in [-0.15, -0.1) is 0 Å². The van der Waals surface area contributed by atoms with Gasteiger partial charge in [-0.05, 0) is 65.9 Å². The van der Waals surface area contributed by atoms with Crippen molar-refractivity contribution >= 4 is 11.6 Å². The van der Waals surface area contributed by atoms with Crippen LogP contribution >= 0.6 is 0 Å². The lowest BCUT2D eigenvalue weighted by molar-refractivity contribution is 0.0920. The quantitative estimate of drug-likeness (QED) is 0.493. The number of carbonyl (C=O) groups is 2. The van der Waals surface area contributed by atoms with Crippen LogP contribution in [0.15, 0.2) is 66.7 Å². The third-order valence-corrected chi connectivity index (χ3v) is 4.75. The van der Waals surface area contributed by atoms with Gasteiger partial charge in [0.2, 0.25) is 0 Å². The van der Waals surface area contributed by atoms with Crippen molar-refractivity contribution in [2.24, 2.45) is 0 Å². The molecule has 3 aromatic carbocycles. The average Bonchev–Trinajstić information content (AvgIpc) is 3.04. The normalized spacial score (nSPS) is 11.6. The van der Waals surface area contributed by atoms with E-state index in [1.54, 1.807) is 24.3 Å². The standard InChI is InChI=1S/C23H18O3/c1-15(24)16-8-10-20(11-9-16)26-14-23(25)19-7-6-18-12-17-4-2-3-5-21(17)22(18)13-19/h2-11,13H,12,14H2,1H3. The van der Waals surface area contributed by atoms with Gasteiger partial charge >= 0.3 is 0 Å². The number of ether oxygens (including phenoxy) is 1. The molecule has 0 bridgehead atoms. The van der Waals surface area contributed by atoms with Crippen LogP contribution in [0.5, 0.6) is 5.75 Å². The Balaban J connectivity index is 1.49. The van der Waals surface area contributed by atoms with Crippen molar-refractivity contribution in [2.75, 3.05) is 6.61 Å². The van der Waals surface area contributed by atoms with Crippen molar-refractivity contribution in [2.45, 2.75) is 13.3 Å². The molecule has 1 aliphatic rings. The van der Waals surface area contributed by atoms with Crippen LogP contribution < -0.4 is 4.74 Å². The number of hydrogen-bond donors (Lipinski definition) is 0. The van der Waals surface area contributed by atoms with Gasteiger partial charge in [-0.2, -0.15) is 0 Å². The first kappa shape index (κ1) is 16.3. The Labute approximate surface area is 152 Å². The van der Waals surface area contributed by atoms with E-state index in [2.05, 4.69) is 12.1 Å². The fraction of sp³-hybridized carbons (Fsp3) is 0.130. The molecule has 0 atom stereocenters. The summed E-state index contributed by atoms with van der Waals surface area (Å²) in [5.41, 5.74) is 6.18. The minimum absolute atomic E-state index is 0.00560. The predicted molar refractivity (Wildman–Crippen MR) is 101 cm³/mol. The highest BCUT2D eigenvalue weighted by Gasteiger charge is 2.19. The second-order valence-electron chi connectivity index (χ2n) is 6.50. The third kappa shape index (κ3) is 3.04. The molecule has 128 valence electrons. The van der Waals surface area contributed by atoms with Gasteiger partial charge in [0.15, 0.2) is 18.2 Å². The minimum Gasteiger partial charge on any atom is -0.485 e. The topological polar surface area (TPSA) is 43.4 Å². The van der Waals surface area contributed by atoms with Gasteiger partial charge in [0, 0.05) is 11.1 Å². The molecule has 0 unspecified atom stereocenters. The van der Waals surface area contributed by atoms with Crippen LogP contribution in [0, 0.1) is 0 Å². The zero-order chi connectivity index (χ0) is 18.1. The fourth-order valence-electron chi connectivity index (χ4n) is 3.32. The van der Waals surface area contributed by atoms with Crippen LogP contribution in [0.3, 0.4) is 0 Å². The maximum Gasteiger partial charge on any atom is 0.200 e. The summed E-state index contributed by atoms with van der Waals surface area (Å²) < 4.78 is 5.58. The molecule has 0 radical (unpaired) electrons. The van der Waals surface area contributed by atoms with E-state index in [-0.39, 0.29) is 18.2 Å². The molecule has 3 nitrogen and oxygen atoms in total. The highest BCUT2D eigenvalue weighted by molar-refractivity contribution is 5.99. The summed E-state index contributed by atoms with van der Waals surface area (Å²) in [7, 11) is 0. The SMILES string of the molecule is CC(=O)c1ccc(OCC(=O)c2ccc3c(c2)-c2ccccc2C3)cc1. The molecule has 3 aromatic rings. The molecule has 26 heavy (non-hydrogen) atoms. The lowest BCUT2D eigenvalue weighted by atomic mass is 10.0. The summed E-state index contributed by atoms with van der Waals surface area (Å²) in [6.07, 6.45) is 0.916. The Morgan fingerprint density at radius 1 is 0.846 bits per heavy atom. The van der Waals surface area contributed by atoms with Crippen LogP contribution in [-0.2, 0) is 6.42 Å². The highest BCUT2D eigenvalue weighted by atomic mass is 16.5. The van der Waals surface area contributed by atoms with E-state index in [1.165, 1.54) is 23.6 Å². The van der Waals surface area contributed by atoms with Gasteiger partial charge in [0.05, 0.1) is 0 Å². The summed E-state index contributed by atoms with van der Waals surface area (Å²) in [4.78, 5) is 23.8. The molecule has 0 heterocycles. The molecule has 0 spiro atoms. The zero-order valence-corrected chi connectivity index (χ0v) is 14.5. The molecule has 3 heteroatoms. The summed E-state index contributed by atoms with van der Waals surface area (Å²) in [6, 6.07) is 21.0. The Kier molecular flexibility index (Phi) is 4.13. The molecule has 0 fully saturated rings. The summed E-state index contributed by atoms with van der Waals surface area (Å²) in [5.74, 6) is 0.522. The number of benzene rings is 3. The van der Waals surface area contributed by atoms with Crippen LogP contribution in [0.25, 0.3) is 11.1 Å². The van der Waals surface area contributed by atoms with Crippen molar-refractivity contribution in [1.82, 2.24) is 0 Å². The van der Waals surface area contributed by atoms with Gasteiger partial charge in [-0.25, -0.2) is 0 Å². The first-order valence-electron chi connectivity index (χ1n) is 8.60. The summed E-state index contributed by atoms with van der Waals surface area (Å²) in [6.45, 7) is 1.49. The number of carbonyl (C=O) groups excluding carboxylic acids is 2. The molecule has 1 aliphatic carbocycles. The van der Waals surface area contributed by atoms with Gasteiger partial charge < -0.3 is 4.74 Å². The van der Waals surface area contributed by atoms with E-state index in [0.29, 0.717) is 16.9 Å². The Morgan fingerprint density at radius 2 is 1.54 bits per heavy atom. The first-order valence-corrected chi connectivity index (χ1v) is 8.60. The number of Topliss-reactive ketones (excluding diaryl/α,β-unsaturated/α-hetero) is 2. The molecule has 0 saturated heterocycles. The van der Waals surface area contributed by atoms with Crippen LogP contribution in [0.1, 0.15) is 38.8 Å². The zero-order valence-electron chi connectivity index (χ0n) is 14.5. The second kappa shape index (κ2) is 6.60. The smallest absolute Gasteiger partial charge is 0.200 e. The monoisotopic (exact) mass is 342 g/mol. The molecular weight excluding hydrogens is 324 g/mol. The molecule has 4 rings (SSSR count). The molecule has 0 amide bonds. The maximum atomic E-state index is 12.5. The Hall–Kier alpha value is -3.20. The average molecular weight is 342 g/mol. The van der Waals surface area contributed by atoms with Gasteiger partial charge in [-0.1, -0.05) is 36.4 Å². The number of fused-ring (bicyclic) bond motifs is 3. The molecule has 0 saturated carbocycles. The van der Waals surface area contributed by atoms with Crippen LogP contribution in [0.4, 0.5) is 0 Å². The number of rotatable bonds is 5. The van der Waals surface area contributed by atoms with Crippen molar-refractivity contribution in [1.29, 1.82) is 0 Å². The molecular formula is C23H18O3. The summed E-state index contributed by atoms with van der Waals surface area (Å²) >= 11 is 0. The number of hydrogen-bond acceptors (Lipinski definition) is 3. The van der Waals surface area contributed by atoms with Crippen LogP contribution in [0.2, 0.25) is 0 Å². The number of ketones is 2. The van der Waals surface area contributed by atoms with Gasteiger partial charge in [0.1, 0.15) is 5.75 Å². The largest absolute Gasteiger partial charge is 0.485 e. The van der Waals surface area contributed by atoms with Crippen molar-refractivity contribution in [3.63, 3.8) is 0 Å². The van der Waals surface area contributed by atoms with Crippen molar-refractivity contribution < 1.29 is 14.3 Å². The van der Waals surface area contributed by atoms with Crippen LogP contribution in [-0.4, -0.2) is 18.2 Å². The van der Waals surface area contributed by atoms with E-state index in [9.17, 15) is 9.59 Å². The van der Waals surface area contributed by atoms with E-state index >= 15 is 0 Å². The summed E-state index contributed by atoms with van der Waals surface area (Å²) in [5, 5.41) is 0. The second-order valence-corrected chi connectivity index (χ2v) is 6.50. The molecule has 0 aromatic heterocycles. The van der Waals surface area contributed by atoms with E-state index in [1.807, 2.05) is 30.3 Å². The van der Waals surface area contributed by atoms with Gasteiger partial charge in [0.25, 0.3) is 0 Å². The Bertz CT molecular complexity index is 1000. The van der Waals surface area contributed by atoms with Gasteiger partial charge in [-0.3, -0.25) is 9.59 Å². The Morgan fingerprint density at radius 3 is 2.31 bits per heavy atom. The molecule has 0 aliphatic heterocycles. The lowest BCUT2D eigenvalue weighted by Crippen LogP contribution is -2.11. The van der Waals surface area contributed by atoms with E-state index < -0.39 is 0 Å². The van der Waals surface area contributed by atoms with E-state index in [4.69, 9.17) is 4.74 Å². The van der Waals surface area contributed by atoms with E-state index in [0.717, 1.165) is 12.0 Å². The lowest BCUT2D eigenvalue weighted by Gasteiger charge is -2.08. The van der Waals surface area contributed by atoms with Crippen molar-refractivity contribution in [3.05, 3.63) is 89.0 Å². The maximum absolute atomic E-state index is 12.5. The van der Waals surface area contributed by atoms with Crippen molar-refractivity contribution in [3.8, 4) is 16.9 Å². The minimum atomic E-state index is -0.0622. The first-order chi connectivity index (χ1) is 12.6. The molecule has 0 N–H and O–H groups in total. The third-order valence-electron chi connectivity index (χ3n) is 4.75.